The third kappa shape index (κ3) is 3.38. The fourth-order valence-corrected chi connectivity index (χ4v) is 1.49. The van der Waals surface area contributed by atoms with Gasteiger partial charge in [0.2, 0.25) is 0 Å². The number of hydrogen-bond donors (Lipinski definition) is 0. The summed E-state index contributed by atoms with van der Waals surface area (Å²) >= 11 is 5.63. The standard InChI is InChI=1S/C12H9ClF4N2/c1-7(13)8(2)19(6-18)9-3-4-11(14)10(5-9)12(15,16)17/h3-5,8H,1H2,2H3. The Balaban J connectivity index is 3.29. The van der Waals surface area contributed by atoms with E-state index in [-0.39, 0.29) is 10.7 Å². The maximum atomic E-state index is 13.1. The largest absolute Gasteiger partial charge is 0.419 e. The Kier molecular flexibility index (Phi) is 4.43. The van der Waals surface area contributed by atoms with Crippen LogP contribution in [0.3, 0.4) is 0 Å². The van der Waals surface area contributed by atoms with Crippen molar-refractivity contribution in [3.63, 3.8) is 0 Å². The maximum absolute atomic E-state index is 13.1. The molecule has 0 aliphatic rings. The number of rotatable bonds is 3. The molecule has 0 amide bonds. The van der Waals surface area contributed by atoms with E-state index >= 15 is 0 Å². The highest BCUT2D eigenvalue weighted by atomic mass is 35.5. The van der Waals surface area contributed by atoms with Gasteiger partial charge in [-0.25, -0.2) is 4.39 Å². The summed E-state index contributed by atoms with van der Waals surface area (Å²) in [5.41, 5.74) is -1.54. The van der Waals surface area contributed by atoms with E-state index in [2.05, 4.69) is 6.58 Å². The molecular formula is C12H9ClF4N2. The van der Waals surface area contributed by atoms with Gasteiger partial charge in [0.15, 0.2) is 6.19 Å². The van der Waals surface area contributed by atoms with Crippen LogP contribution in [0.1, 0.15) is 12.5 Å². The molecule has 1 aromatic rings. The Labute approximate surface area is 112 Å². The molecule has 19 heavy (non-hydrogen) atoms. The van der Waals surface area contributed by atoms with Gasteiger partial charge in [-0.05, 0) is 25.1 Å². The summed E-state index contributed by atoms with van der Waals surface area (Å²) < 4.78 is 50.8. The molecular weight excluding hydrogens is 284 g/mol. The van der Waals surface area contributed by atoms with Crippen molar-refractivity contribution in [3.8, 4) is 6.19 Å². The van der Waals surface area contributed by atoms with Gasteiger partial charge in [0, 0.05) is 5.03 Å². The predicted molar refractivity (Wildman–Crippen MR) is 63.9 cm³/mol. The molecule has 0 bridgehead atoms. The Morgan fingerprint density at radius 2 is 2.05 bits per heavy atom. The quantitative estimate of drug-likeness (QED) is 0.472. The summed E-state index contributed by atoms with van der Waals surface area (Å²) in [6, 6.07) is 1.59. The zero-order valence-electron chi connectivity index (χ0n) is 9.80. The summed E-state index contributed by atoms with van der Waals surface area (Å²) in [6.07, 6.45) is -3.14. The zero-order chi connectivity index (χ0) is 14.8. The summed E-state index contributed by atoms with van der Waals surface area (Å²) in [4.78, 5) is 0.921. The van der Waals surface area contributed by atoms with Gasteiger partial charge >= 0.3 is 6.18 Å². The Hall–Kier alpha value is -1.74. The smallest absolute Gasteiger partial charge is 0.271 e. The third-order valence-corrected chi connectivity index (χ3v) is 2.80. The van der Waals surface area contributed by atoms with Gasteiger partial charge in [-0.2, -0.15) is 18.4 Å². The normalized spacial score (nSPS) is 12.7. The van der Waals surface area contributed by atoms with Crippen molar-refractivity contribution in [2.24, 2.45) is 0 Å². The van der Waals surface area contributed by atoms with E-state index in [0.29, 0.717) is 12.1 Å². The molecule has 0 aliphatic carbocycles. The van der Waals surface area contributed by atoms with Gasteiger partial charge in [0.1, 0.15) is 5.82 Å². The lowest BCUT2D eigenvalue weighted by molar-refractivity contribution is -0.139. The van der Waals surface area contributed by atoms with E-state index in [4.69, 9.17) is 16.9 Å². The highest BCUT2D eigenvalue weighted by molar-refractivity contribution is 6.30. The Morgan fingerprint density at radius 1 is 1.47 bits per heavy atom. The fraction of sp³-hybridized carbons (Fsp3) is 0.250. The number of alkyl halides is 3. The first kappa shape index (κ1) is 15.3. The van der Waals surface area contributed by atoms with Crippen molar-refractivity contribution in [2.45, 2.75) is 19.1 Å². The van der Waals surface area contributed by atoms with Gasteiger partial charge in [-0.15, -0.1) is 0 Å². The SMILES string of the molecule is C=C(Cl)C(C)N(C#N)c1ccc(F)c(C(F)(F)F)c1. The number of anilines is 1. The summed E-state index contributed by atoms with van der Waals surface area (Å²) in [5.74, 6) is -1.40. The average molecular weight is 293 g/mol. The van der Waals surface area contributed by atoms with Gasteiger partial charge < -0.3 is 0 Å². The van der Waals surface area contributed by atoms with Crippen molar-refractivity contribution < 1.29 is 17.6 Å². The summed E-state index contributed by atoms with van der Waals surface area (Å²) in [7, 11) is 0. The Bertz CT molecular complexity index is 534. The van der Waals surface area contributed by atoms with Gasteiger partial charge in [-0.3, -0.25) is 4.90 Å². The molecule has 1 aromatic carbocycles. The number of halogens is 5. The second-order valence-corrected chi connectivity index (χ2v) is 4.24. The molecule has 1 unspecified atom stereocenters. The second-order valence-electron chi connectivity index (χ2n) is 3.75. The van der Waals surface area contributed by atoms with Crippen LogP contribution < -0.4 is 4.90 Å². The number of hydrogen-bond acceptors (Lipinski definition) is 2. The van der Waals surface area contributed by atoms with E-state index in [0.717, 1.165) is 11.0 Å². The van der Waals surface area contributed by atoms with Gasteiger partial charge in [0.25, 0.3) is 0 Å². The van der Waals surface area contributed by atoms with Crippen LogP contribution in [0.5, 0.6) is 0 Å². The average Bonchev–Trinajstić information content (AvgIpc) is 2.30. The number of nitriles is 1. The summed E-state index contributed by atoms with van der Waals surface area (Å²) in [6.45, 7) is 4.91. The molecule has 0 aromatic heterocycles. The van der Waals surface area contributed by atoms with Crippen LogP contribution in [0.15, 0.2) is 29.8 Å². The molecule has 0 N–H and O–H groups in total. The van der Waals surface area contributed by atoms with Gasteiger partial charge in [0.05, 0.1) is 17.3 Å². The molecule has 0 fully saturated rings. The topological polar surface area (TPSA) is 27.0 Å². The van der Waals surface area contributed by atoms with E-state index in [1.807, 2.05) is 0 Å². The van der Waals surface area contributed by atoms with Gasteiger partial charge in [-0.1, -0.05) is 18.2 Å². The first-order valence-electron chi connectivity index (χ1n) is 5.08. The lowest BCUT2D eigenvalue weighted by Crippen LogP contribution is -2.28. The number of nitrogens with zero attached hydrogens (tertiary/aromatic N) is 2. The molecule has 0 spiro atoms. The van der Waals surface area contributed by atoms with Crippen LogP contribution in [0.2, 0.25) is 0 Å². The molecule has 0 saturated carbocycles. The predicted octanol–water partition coefficient (Wildman–Crippen LogP) is 4.27. The first-order valence-corrected chi connectivity index (χ1v) is 5.46. The molecule has 0 radical (unpaired) electrons. The van der Waals surface area contributed by atoms with Crippen molar-refractivity contribution >= 4 is 17.3 Å². The lowest BCUT2D eigenvalue weighted by atomic mass is 10.1. The molecule has 2 nitrogen and oxygen atoms in total. The molecule has 1 atom stereocenters. The zero-order valence-corrected chi connectivity index (χ0v) is 10.6. The van der Waals surface area contributed by atoms with Crippen LogP contribution in [0.4, 0.5) is 23.2 Å². The minimum Gasteiger partial charge on any atom is -0.271 e. The van der Waals surface area contributed by atoms with Crippen molar-refractivity contribution in [1.82, 2.24) is 0 Å². The molecule has 102 valence electrons. The Morgan fingerprint density at radius 3 is 2.47 bits per heavy atom. The van der Waals surface area contributed by atoms with Crippen LogP contribution in [0, 0.1) is 17.3 Å². The molecule has 0 saturated heterocycles. The second kappa shape index (κ2) is 5.49. The molecule has 7 heteroatoms. The van der Waals surface area contributed by atoms with E-state index in [1.54, 1.807) is 6.19 Å². The maximum Gasteiger partial charge on any atom is 0.419 e. The minimum absolute atomic E-state index is 0.0828. The highest BCUT2D eigenvalue weighted by Crippen LogP contribution is 2.34. The third-order valence-electron chi connectivity index (χ3n) is 2.48. The highest BCUT2D eigenvalue weighted by Gasteiger charge is 2.35. The van der Waals surface area contributed by atoms with Crippen molar-refractivity contribution in [3.05, 3.63) is 41.2 Å². The van der Waals surface area contributed by atoms with Crippen LogP contribution >= 0.6 is 11.6 Å². The molecule has 1 rings (SSSR count). The van der Waals surface area contributed by atoms with Crippen molar-refractivity contribution in [1.29, 1.82) is 5.26 Å². The van der Waals surface area contributed by atoms with E-state index < -0.39 is 23.6 Å². The monoisotopic (exact) mass is 292 g/mol. The van der Waals surface area contributed by atoms with Crippen LogP contribution in [-0.2, 0) is 6.18 Å². The lowest BCUT2D eigenvalue weighted by Gasteiger charge is -2.23. The number of benzene rings is 1. The minimum atomic E-state index is -4.83. The first-order chi connectivity index (χ1) is 8.68. The van der Waals surface area contributed by atoms with E-state index in [1.165, 1.54) is 6.92 Å². The van der Waals surface area contributed by atoms with Crippen LogP contribution in [-0.4, -0.2) is 6.04 Å². The van der Waals surface area contributed by atoms with Crippen molar-refractivity contribution in [2.75, 3.05) is 4.90 Å². The molecule has 0 heterocycles. The van der Waals surface area contributed by atoms with Crippen LogP contribution in [0.25, 0.3) is 0 Å². The summed E-state index contributed by atoms with van der Waals surface area (Å²) in [5, 5.41) is 9.05. The fourth-order valence-electron chi connectivity index (χ4n) is 1.39. The van der Waals surface area contributed by atoms with E-state index in [9.17, 15) is 17.6 Å². The molecule has 0 aliphatic heterocycles.